The highest BCUT2D eigenvalue weighted by Crippen LogP contribution is 2.26. The van der Waals surface area contributed by atoms with Crippen LogP contribution in [0.25, 0.3) is 0 Å². The summed E-state index contributed by atoms with van der Waals surface area (Å²) in [5.41, 5.74) is 0.183. The number of hydrogen-bond donors (Lipinski definition) is 1. The van der Waals surface area contributed by atoms with Gasteiger partial charge in [-0.05, 0) is 54.6 Å². The second-order valence-corrected chi connectivity index (χ2v) is 8.85. The van der Waals surface area contributed by atoms with Crippen LogP contribution >= 0.6 is 15.9 Å². The number of anilines is 2. The topological polar surface area (TPSA) is 88.6 Å². The van der Waals surface area contributed by atoms with Crippen LogP contribution in [0, 0.1) is 5.82 Å². The summed E-state index contributed by atoms with van der Waals surface area (Å²) >= 11 is 3.14. The predicted molar refractivity (Wildman–Crippen MR) is 114 cm³/mol. The smallest absolute Gasteiger partial charge is 0.266 e. The van der Waals surface area contributed by atoms with Crippen molar-refractivity contribution in [3.05, 3.63) is 77.3 Å². The van der Waals surface area contributed by atoms with Crippen LogP contribution in [0.1, 0.15) is 0 Å². The van der Waals surface area contributed by atoms with E-state index in [1.807, 2.05) is 0 Å². The Balaban J connectivity index is 1.93. The van der Waals surface area contributed by atoms with Gasteiger partial charge in [0.05, 0.1) is 18.5 Å². The molecule has 0 aliphatic carbocycles. The fourth-order valence-corrected chi connectivity index (χ4v) is 4.32. The number of aromatic nitrogens is 1. The van der Waals surface area contributed by atoms with Crippen LogP contribution in [0.3, 0.4) is 0 Å². The number of methoxy groups -OCH3 is 1. The molecule has 156 valence electrons. The normalized spacial score (nSPS) is 11.0. The molecular weight excluding hydrogens is 477 g/mol. The van der Waals surface area contributed by atoms with Crippen molar-refractivity contribution in [3.63, 3.8) is 0 Å². The maximum atomic E-state index is 14.1. The molecule has 0 aliphatic heterocycles. The molecule has 10 heteroatoms. The lowest BCUT2D eigenvalue weighted by Gasteiger charge is -2.24. The third-order valence-corrected chi connectivity index (χ3v) is 6.33. The number of carbonyl (C=O) groups excluding carboxylic acids is 1. The molecule has 30 heavy (non-hydrogen) atoms. The summed E-state index contributed by atoms with van der Waals surface area (Å²) in [6, 6.07) is 13.2. The molecule has 0 bridgehead atoms. The lowest BCUT2D eigenvalue weighted by Crippen LogP contribution is -2.38. The Morgan fingerprint density at radius 2 is 1.93 bits per heavy atom. The van der Waals surface area contributed by atoms with Gasteiger partial charge in [-0.2, -0.15) is 0 Å². The Hall–Kier alpha value is -2.98. The van der Waals surface area contributed by atoms with Crippen molar-refractivity contribution in [1.82, 2.24) is 4.98 Å². The van der Waals surface area contributed by atoms with Crippen LogP contribution in [0.15, 0.2) is 76.4 Å². The van der Waals surface area contributed by atoms with Gasteiger partial charge in [-0.3, -0.25) is 14.1 Å². The number of amides is 1. The number of hydrogen-bond acceptors (Lipinski definition) is 5. The molecule has 0 fully saturated rings. The number of nitrogens with one attached hydrogen (secondary N) is 1. The van der Waals surface area contributed by atoms with Crippen LogP contribution in [0.4, 0.5) is 15.8 Å². The first-order chi connectivity index (χ1) is 14.3. The van der Waals surface area contributed by atoms with Gasteiger partial charge < -0.3 is 10.1 Å². The Labute approximate surface area is 181 Å². The van der Waals surface area contributed by atoms with Crippen molar-refractivity contribution in [2.24, 2.45) is 0 Å². The Morgan fingerprint density at radius 1 is 1.20 bits per heavy atom. The van der Waals surface area contributed by atoms with Crippen LogP contribution in [-0.4, -0.2) is 33.0 Å². The van der Waals surface area contributed by atoms with E-state index in [1.54, 1.807) is 18.2 Å². The molecule has 3 rings (SSSR count). The summed E-state index contributed by atoms with van der Waals surface area (Å²) in [5.74, 6) is -0.831. The molecule has 1 heterocycles. The van der Waals surface area contributed by atoms with Crippen molar-refractivity contribution < 1.29 is 22.3 Å². The zero-order valence-corrected chi connectivity index (χ0v) is 18.2. The van der Waals surface area contributed by atoms with Crippen molar-refractivity contribution in [1.29, 1.82) is 0 Å². The summed E-state index contributed by atoms with van der Waals surface area (Å²) in [6.07, 6.45) is 2.64. The van der Waals surface area contributed by atoms with Crippen LogP contribution in [-0.2, 0) is 14.8 Å². The first kappa shape index (κ1) is 21.7. The van der Waals surface area contributed by atoms with E-state index in [-0.39, 0.29) is 16.3 Å². The number of benzene rings is 2. The largest absolute Gasteiger partial charge is 0.497 e. The number of pyridine rings is 1. The van der Waals surface area contributed by atoms with E-state index >= 15 is 0 Å². The van der Waals surface area contributed by atoms with Gasteiger partial charge in [0.1, 0.15) is 23.0 Å². The molecule has 0 radical (unpaired) electrons. The zero-order chi connectivity index (χ0) is 21.7. The molecule has 1 amide bonds. The number of rotatable bonds is 7. The average Bonchev–Trinajstić information content (AvgIpc) is 2.75. The Kier molecular flexibility index (Phi) is 6.68. The molecule has 0 spiro atoms. The van der Waals surface area contributed by atoms with E-state index in [9.17, 15) is 17.6 Å². The highest BCUT2D eigenvalue weighted by Gasteiger charge is 2.27. The van der Waals surface area contributed by atoms with E-state index in [0.717, 1.165) is 4.31 Å². The number of carbonyl (C=O) groups is 1. The van der Waals surface area contributed by atoms with Gasteiger partial charge in [0.25, 0.3) is 10.0 Å². The SMILES string of the molecule is COc1ccc(N(CC(=O)Nc2ccc(Br)cc2F)S(=O)(=O)c2cccnc2)cc1. The molecule has 1 N–H and O–H groups in total. The molecule has 7 nitrogen and oxygen atoms in total. The highest BCUT2D eigenvalue weighted by molar-refractivity contribution is 9.10. The van der Waals surface area contributed by atoms with E-state index in [1.165, 1.54) is 55.9 Å². The third-order valence-electron chi connectivity index (χ3n) is 4.08. The van der Waals surface area contributed by atoms with E-state index < -0.39 is 28.3 Å². The highest BCUT2D eigenvalue weighted by atomic mass is 79.9. The molecule has 2 aromatic carbocycles. The first-order valence-electron chi connectivity index (χ1n) is 8.63. The molecular formula is C20H17BrFN3O4S. The van der Waals surface area contributed by atoms with Gasteiger partial charge in [0.15, 0.2) is 0 Å². The van der Waals surface area contributed by atoms with Crippen molar-refractivity contribution in [3.8, 4) is 5.75 Å². The fraction of sp³-hybridized carbons (Fsp3) is 0.100. The van der Waals surface area contributed by atoms with Crippen molar-refractivity contribution in [2.45, 2.75) is 4.90 Å². The minimum absolute atomic E-state index is 0.0587. The number of halogens is 2. The van der Waals surface area contributed by atoms with Crippen LogP contribution in [0.2, 0.25) is 0 Å². The monoisotopic (exact) mass is 493 g/mol. The van der Waals surface area contributed by atoms with Gasteiger partial charge in [-0.25, -0.2) is 12.8 Å². The first-order valence-corrected chi connectivity index (χ1v) is 10.9. The molecule has 0 atom stereocenters. The second kappa shape index (κ2) is 9.23. The minimum atomic E-state index is -4.11. The quantitative estimate of drug-likeness (QED) is 0.540. The van der Waals surface area contributed by atoms with Gasteiger partial charge >= 0.3 is 0 Å². The zero-order valence-electron chi connectivity index (χ0n) is 15.7. The van der Waals surface area contributed by atoms with E-state index in [0.29, 0.717) is 10.2 Å². The Morgan fingerprint density at radius 3 is 2.53 bits per heavy atom. The summed E-state index contributed by atoms with van der Waals surface area (Å²) in [6.45, 7) is -0.570. The van der Waals surface area contributed by atoms with E-state index in [2.05, 4.69) is 26.2 Å². The summed E-state index contributed by atoms with van der Waals surface area (Å²) in [7, 11) is -2.62. The van der Waals surface area contributed by atoms with Gasteiger partial charge in [0.2, 0.25) is 5.91 Å². The molecule has 3 aromatic rings. The number of ether oxygens (including phenoxy) is 1. The van der Waals surface area contributed by atoms with Gasteiger partial charge in [0, 0.05) is 16.9 Å². The Bertz CT molecular complexity index is 1140. The molecule has 0 aliphatic rings. The summed E-state index contributed by atoms with van der Waals surface area (Å²) < 4.78 is 47.0. The minimum Gasteiger partial charge on any atom is -0.497 e. The summed E-state index contributed by atoms with van der Waals surface area (Å²) in [4.78, 5) is 16.4. The molecule has 0 unspecified atom stereocenters. The van der Waals surface area contributed by atoms with Gasteiger partial charge in [-0.1, -0.05) is 15.9 Å². The maximum Gasteiger partial charge on any atom is 0.266 e. The predicted octanol–water partition coefficient (Wildman–Crippen LogP) is 3.83. The third kappa shape index (κ3) is 4.95. The lowest BCUT2D eigenvalue weighted by molar-refractivity contribution is -0.114. The standard InChI is InChI=1S/C20H17BrFN3O4S/c1-29-16-7-5-15(6-8-16)25(30(27,28)17-3-2-10-23-12-17)13-20(26)24-19-9-4-14(21)11-18(19)22/h2-12H,13H2,1H3,(H,24,26). The summed E-state index contributed by atoms with van der Waals surface area (Å²) in [5, 5.41) is 2.40. The molecule has 1 aromatic heterocycles. The van der Waals surface area contributed by atoms with Crippen molar-refractivity contribution >= 4 is 43.2 Å². The molecule has 0 saturated carbocycles. The lowest BCUT2D eigenvalue weighted by atomic mass is 10.3. The average molecular weight is 494 g/mol. The van der Waals surface area contributed by atoms with Crippen LogP contribution in [0.5, 0.6) is 5.75 Å². The van der Waals surface area contributed by atoms with E-state index in [4.69, 9.17) is 4.74 Å². The molecule has 0 saturated heterocycles. The number of nitrogens with zero attached hydrogens (tertiary/aromatic N) is 2. The fourth-order valence-electron chi connectivity index (χ4n) is 2.60. The maximum absolute atomic E-state index is 14.1. The van der Waals surface area contributed by atoms with Crippen molar-refractivity contribution in [2.75, 3.05) is 23.3 Å². The van der Waals surface area contributed by atoms with Gasteiger partial charge in [-0.15, -0.1) is 0 Å². The van der Waals surface area contributed by atoms with Crippen LogP contribution < -0.4 is 14.4 Å². The number of sulfonamides is 1. The second-order valence-electron chi connectivity index (χ2n) is 6.07.